The number of nitrogens with zero attached hydrogens (tertiary/aromatic N) is 3. The average molecular weight is 364 g/mol. The number of anilines is 1. The van der Waals surface area contributed by atoms with Gasteiger partial charge in [-0.25, -0.2) is 0 Å². The Hall–Kier alpha value is -2.86. The van der Waals surface area contributed by atoms with Gasteiger partial charge < -0.3 is 19.5 Å². The number of rotatable bonds is 4. The lowest BCUT2D eigenvalue weighted by molar-refractivity contribution is 0.414. The van der Waals surface area contributed by atoms with Crippen LogP contribution in [0.4, 0.5) is 5.69 Å². The largest absolute Gasteiger partial charge is 0.497 e. The van der Waals surface area contributed by atoms with Crippen LogP contribution in [0.1, 0.15) is 23.5 Å². The van der Waals surface area contributed by atoms with E-state index >= 15 is 0 Å². The zero-order chi connectivity index (χ0) is 18.1. The lowest BCUT2D eigenvalue weighted by Crippen LogP contribution is -2.30. The van der Waals surface area contributed by atoms with E-state index in [1.807, 2.05) is 48.7 Å². The molecule has 26 heavy (non-hydrogen) atoms. The molecule has 3 aromatic rings. The molecule has 0 aliphatic carbocycles. The van der Waals surface area contributed by atoms with Gasteiger partial charge in [0, 0.05) is 36.9 Å². The van der Waals surface area contributed by atoms with Crippen molar-refractivity contribution < 1.29 is 4.74 Å². The first-order valence-electron chi connectivity index (χ1n) is 8.45. The van der Waals surface area contributed by atoms with E-state index in [-0.39, 0.29) is 12.1 Å². The highest BCUT2D eigenvalue weighted by molar-refractivity contribution is 7.80. The van der Waals surface area contributed by atoms with Gasteiger partial charge in [-0.1, -0.05) is 12.1 Å². The number of pyridine rings is 1. The topological polar surface area (TPSA) is 42.3 Å². The summed E-state index contributed by atoms with van der Waals surface area (Å²) in [6.45, 7) is 0. The van der Waals surface area contributed by atoms with Gasteiger partial charge in [0.05, 0.1) is 18.8 Å². The smallest absolute Gasteiger partial charge is 0.174 e. The van der Waals surface area contributed by atoms with Crippen LogP contribution in [0, 0.1) is 0 Å². The molecule has 0 radical (unpaired) electrons. The summed E-state index contributed by atoms with van der Waals surface area (Å²) < 4.78 is 7.53. The van der Waals surface area contributed by atoms with Gasteiger partial charge in [-0.2, -0.15) is 0 Å². The van der Waals surface area contributed by atoms with Gasteiger partial charge in [0.25, 0.3) is 0 Å². The fraction of sp³-hybridized carbons (Fsp3) is 0.200. The van der Waals surface area contributed by atoms with Crippen LogP contribution < -0.4 is 15.0 Å². The Balaban J connectivity index is 1.84. The molecule has 0 spiro atoms. The van der Waals surface area contributed by atoms with E-state index in [0.29, 0.717) is 5.11 Å². The number of methoxy groups -OCH3 is 1. The summed E-state index contributed by atoms with van der Waals surface area (Å²) >= 11 is 5.71. The van der Waals surface area contributed by atoms with E-state index in [4.69, 9.17) is 17.0 Å². The van der Waals surface area contributed by atoms with Gasteiger partial charge in [0.2, 0.25) is 0 Å². The Kier molecular flexibility index (Phi) is 4.34. The lowest BCUT2D eigenvalue weighted by atomic mass is 10.0. The Morgan fingerprint density at radius 3 is 2.69 bits per heavy atom. The van der Waals surface area contributed by atoms with E-state index in [9.17, 15) is 0 Å². The first-order chi connectivity index (χ1) is 12.7. The van der Waals surface area contributed by atoms with Crippen LogP contribution in [0.25, 0.3) is 0 Å². The predicted molar refractivity (Wildman–Crippen MR) is 106 cm³/mol. The van der Waals surface area contributed by atoms with Crippen LogP contribution in [0.2, 0.25) is 0 Å². The number of hydrogen-bond donors (Lipinski definition) is 1. The van der Waals surface area contributed by atoms with E-state index in [1.165, 1.54) is 0 Å². The van der Waals surface area contributed by atoms with Gasteiger partial charge in [-0.15, -0.1) is 0 Å². The van der Waals surface area contributed by atoms with Gasteiger partial charge in [0.15, 0.2) is 5.11 Å². The Labute approximate surface area is 158 Å². The molecule has 6 heteroatoms. The van der Waals surface area contributed by atoms with Crippen LogP contribution >= 0.6 is 12.2 Å². The van der Waals surface area contributed by atoms with E-state index in [0.717, 1.165) is 22.8 Å². The van der Waals surface area contributed by atoms with Gasteiger partial charge in [-0.05, 0) is 48.6 Å². The second-order valence-electron chi connectivity index (χ2n) is 6.24. The Morgan fingerprint density at radius 2 is 2.00 bits per heavy atom. The SMILES string of the molecule is COc1cccc(N2C(=S)N[C@@H](c3ccccn3)[C@@H]2c2cccn2C)c1. The quantitative estimate of drug-likeness (QED) is 0.717. The molecule has 0 unspecified atom stereocenters. The summed E-state index contributed by atoms with van der Waals surface area (Å²) in [6, 6.07) is 18.1. The molecule has 0 amide bonds. The number of aryl methyl sites for hydroxylation is 1. The second-order valence-corrected chi connectivity index (χ2v) is 6.63. The number of ether oxygens (including phenoxy) is 1. The summed E-state index contributed by atoms with van der Waals surface area (Å²) in [6.07, 6.45) is 3.87. The van der Waals surface area contributed by atoms with Crippen LogP contribution in [-0.4, -0.2) is 21.8 Å². The van der Waals surface area contributed by atoms with Gasteiger partial charge in [0.1, 0.15) is 11.8 Å². The van der Waals surface area contributed by atoms with Crippen molar-refractivity contribution in [3.05, 3.63) is 78.4 Å². The first kappa shape index (κ1) is 16.6. The number of aromatic nitrogens is 2. The molecule has 5 nitrogen and oxygen atoms in total. The highest BCUT2D eigenvalue weighted by Crippen LogP contribution is 2.41. The van der Waals surface area contributed by atoms with Crippen molar-refractivity contribution in [1.82, 2.24) is 14.9 Å². The third kappa shape index (κ3) is 2.82. The maximum absolute atomic E-state index is 5.71. The maximum Gasteiger partial charge on any atom is 0.174 e. The summed E-state index contributed by atoms with van der Waals surface area (Å²) in [5, 5.41) is 4.14. The van der Waals surface area contributed by atoms with E-state index < -0.39 is 0 Å². The fourth-order valence-electron chi connectivity index (χ4n) is 3.48. The van der Waals surface area contributed by atoms with Crippen molar-refractivity contribution in [2.45, 2.75) is 12.1 Å². The number of benzene rings is 1. The molecule has 1 saturated heterocycles. The lowest BCUT2D eigenvalue weighted by Gasteiger charge is -2.28. The van der Waals surface area contributed by atoms with Crippen molar-refractivity contribution in [2.75, 3.05) is 12.0 Å². The van der Waals surface area contributed by atoms with Crippen molar-refractivity contribution in [3.8, 4) is 5.75 Å². The predicted octanol–water partition coefficient (Wildman–Crippen LogP) is 3.61. The molecular weight excluding hydrogens is 344 g/mol. The Bertz CT molecular complexity index is 924. The maximum atomic E-state index is 5.71. The molecule has 3 heterocycles. The molecule has 1 aromatic carbocycles. The third-order valence-electron chi connectivity index (χ3n) is 4.72. The molecule has 1 aliphatic rings. The van der Waals surface area contributed by atoms with Crippen LogP contribution in [0.15, 0.2) is 67.0 Å². The third-order valence-corrected chi connectivity index (χ3v) is 5.03. The van der Waals surface area contributed by atoms with Crippen molar-refractivity contribution in [1.29, 1.82) is 0 Å². The molecule has 0 saturated carbocycles. The van der Waals surface area contributed by atoms with Crippen LogP contribution in [0.3, 0.4) is 0 Å². The highest BCUT2D eigenvalue weighted by atomic mass is 32.1. The minimum atomic E-state index is -0.0384. The van der Waals surface area contributed by atoms with Gasteiger partial charge in [-0.3, -0.25) is 4.98 Å². The molecule has 0 bridgehead atoms. The van der Waals surface area contributed by atoms with Gasteiger partial charge >= 0.3 is 0 Å². The number of thiocarbonyl (C=S) groups is 1. The second kappa shape index (κ2) is 6.80. The standard InChI is InChI=1S/C20H20N4OS/c1-23-12-6-10-17(23)19-18(16-9-3-4-11-21-16)22-20(26)24(19)14-7-5-8-15(13-14)25-2/h3-13,18-19H,1-2H3,(H,22,26)/t18-,19-/m0/s1. The molecule has 2 aromatic heterocycles. The summed E-state index contributed by atoms with van der Waals surface area (Å²) in [5.74, 6) is 0.803. The van der Waals surface area contributed by atoms with Crippen LogP contribution in [-0.2, 0) is 7.05 Å². The highest BCUT2D eigenvalue weighted by Gasteiger charge is 2.41. The molecule has 1 N–H and O–H groups in total. The first-order valence-corrected chi connectivity index (χ1v) is 8.86. The molecule has 132 valence electrons. The summed E-state index contributed by atoms with van der Waals surface area (Å²) in [4.78, 5) is 6.71. The van der Waals surface area contributed by atoms with Crippen LogP contribution in [0.5, 0.6) is 5.75 Å². The van der Waals surface area contributed by atoms with E-state index in [2.05, 4.69) is 45.1 Å². The number of nitrogens with one attached hydrogen (secondary N) is 1. The summed E-state index contributed by atoms with van der Waals surface area (Å²) in [5.41, 5.74) is 3.12. The normalized spacial score (nSPS) is 19.5. The molecule has 1 aliphatic heterocycles. The number of hydrogen-bond acceptors (Lipinski definition) is 3. The average Bonchev–Trinajstić information content (AvgIpc) is 3.25. The van der Waals surface area contributed by atoms with E-state index in [1.54, 1.807) is 7.11 Å². The van der Waals surface area contributed by atoms with Crippen molar-refractivity contribution in [3.63, 3.8) is 0 Å². The minimum absolute atomic E-state index is 0.00972. The molecule has 2 atom stereocenters. The van der Waals surface area contributed by atoms with Crippen molar-refractivity contribution >= 4 is 23.0 Å². The summed E-state index contributed by atoms with van der Waals surface area (Å²) in [7, 11) is 3.72. The fourth-order valence-corrected chi connectivity index (χ4v) is 3.82. The minimum Gasteiger partial charge on any atom is -0.497 e. The van der Waals surface area contributed by atoms with Crippen molar-refractivity contribution in [2.24, 2.45) is 7.05 Å². The molecule has 1 fully saturated rings. The zero-order valence-corrected chi connectivity index (χ0v) is 15.5. The Morgan fingerprint density at radius 1 is 1.12 bits per heavy atom. The molecule has 4 rings (SSSR count). The molecular formula is C20H20N4OS. The zero-order valence-electron chi connectivity index (χ0n) is 14.7. The monoisotopic (exact) mass is 364 g/mol.